The summed E-state index contributed by atoms with van der Waals surface area (Å²) in [5.74, 6) is 0.0846. The molecule has 0 aromatic heterocycles. The Balaban J connectivity index is 2.28. The van der Waals surface area contributed by atoms with Crippen molar-refractivity contribution >= 4 is 27.5 Å². The van der Waals surface area contributed by atoms with Gasteiger partial charge in [-0.3, -0.25) is 4.79 Å². The largest absolute Gasteiger partial charge is 0.356 e. The average molecular weight is 298 g/mol. The van der Waals surface area contributed by atoms with Gasteiger partial charge in [-0.15, -0.1) is 0 Å². The topological polar surface area (TPSA) is 44.4 Å². The highest BCUT2D eigenvalue weighted by Crippen LogP contribution is 2.27. The third-order valence-electron chi connectivity index (χ3n) is 2.89. The van der Waals surface area contributed by atoms with E-state index in [0.717, 1.165) is 16.7 Å². The molecule has 92 valence electrons. The van der Waals surface area contributed by atoms with Crippen molar-refractivity contribution in [1.29, 1.82) is 0 Å². The first-order chi connectivity index (χ1) is 8.24. The van der Waals surface area contributed by atoms with Crippen molar-refractivity contribution in [2.45, 2.75) is 6.04 Å². The van der Waals surface area contributed by atoms with Crippen LogP contribution in [0.4, 0.5) is 5.69 Å². The summed E-state index contributed by atoms with van der Waals surface area (Å²) in [6.45, 7) is 2.17. The number of benzene rings is 1. The third kappa shape index (κ3) is 2.61. The number of piperazine rings is 1. The fourth-order valence-electron chi connectivity index (χ4n) is 2.08. The maximum Gasteiger partial charge on any atom is 0.244 e. The van der Waals surface area contributed by atoms with Gasteiger partial charge in [0.1, 0.15) is 6.04 Å². The van der Waals surface area contributed by atoms with E-state index < -0.39 is 0 Å². The molecule has 0 saturated carbocycles. The number of likely N-dealkylation sites (N-methyl/N-ethyl adjacent to an activating group) is 1. The van der Waals surface area contributed by atoms with Gasteiger partial charge in [0.25, 0.3) is 0 Å². The maximum absolute atomic E-state index is 11.9. The molecule has 2 rings (SSSR count). The first-order valence-electron chi connectivity index (χ1n) is 5.67. The van der Waals surface area contributed by atoms with E-state index in [-0.39, 0.29) is 11.9 Å². The number of carbonyl (C=O) groups is 1. The zero-order chi connectivity index (χ0) is 12.3. The third-order valence-corrected chi connectivity index (χ3v) is 3.56. The quantitative estimate of drug-likeness (QED) is 0.874. The Kier molecular flexibility index (Phi) is 4.02. The molecule has 4 nitrogen and oxygen atoms in total. The summed E-state index contributed by atoms with van der Waals surface area (Å²) in [5, 5.41) is 5.97. The highest BCUT2D eigenvalue weighted by molar-refractivity contribution is 9.10. The summed E-state index contributed by atoms with van der Waals surface area (Å²) in [5.41, 5.74) is 1.07. The van der Waals surface area contributed by atoms with Gasteiger partial charge in [-0.05, 0) is 35.1 Å². The predicted molar refractivity (Wildman–Crippen MR) is 72.2 cm³/mol. The van der Waals surface area contributed by atoms with Gasteiger partial charge in [-0.25, -0.2) is 0 Å². The molecule has 1 aromatic carbocycles. The van der Waals surface area contributed by atoms with Crippen molar-refractivity contribution in [2.24, 2.45) is 0 Å². The minimum Gasteiger partial charge on any atom is -0.356 e. The van der Waals surface area contributed by atoms with Gasteiger partial charge in [-0.1, -0.05) is 12.1 Å². The fraction of sp³-hybridized carbons (Fsp3) is 0.417. The molecule has 1 atom stereocenters. The number of nitrogens with zero attached hydrogens (tertiary/aromatic N) is 1. The maximum atomic E-state index is 11.9. The number of nitrogens with one attached hydrogen (secondary N) is 2. The van der Waals surface area contributed by atoms with E-state index in [1.54, 1.807) is 0 Å². The molecule has 0 radical (unpaired) electrons. The number of anilines is 1. The first kappa shape index (κ1) is 12.4. The molecular weight excluding hydrogens is 282 g/mol. The minimum atomic E-state index is -0.146. The fourth-order valence-corrected chi connectivity index (χ4v) is 2.60. The minimum absolute atomic E-state index is 0.0846. The molecule has 1 aliphatic rings. The molecule has 1 aromatic rings. The van der Waals surface area contributed by atoms with Crippen molar-refractivity contribution < 1.29 is 4.79 Å². The standard InChI is InChI=1S/C12H16BrN3O/c1-14-8-11-12(17)15-6-7-16(11)10-5-3-2-4-9(10)13/h2-5,11,14H,6-8H2,1H3,(H,15,17). The van der Waals surface area contributed by atoms with Crippen molar-refractivity contribution in [2.75, 3.05) is 31.6 Å². The van der Waals surface area contributed by atoms with Crippen LogP contribution in [0, 0.1) is 0 Å². The molecule has 1 heterocycles. The number of para-hydroxylation sites is 1. The number of rotatable bonds is 3. The predicted octanol–water partition coefficient (Wildman–Crippen LogP) is 0.973. The Hall–Kier alpha value is -1.07. The number of hydrogen-bond donors (Lipinski definition) is 2. The van der Waals surface area contributed by atoms with Gasteiger partial charge in [0.2, 0.25) is 5.91 Å². The van der Waals surface area contributed by atoms with Gasteiger partial charge in [-0.2, -0.15) is 0 Å². The number of halogens is 1. The van der Waals surface area contributed by atoms with Crippen molar-refractivity contribution in [3.05, 3.63) is 28.7 Å². The van der Waals surface area contributed by atoms with E-state index in [1.165, 1.54) is 0 Å². The van der Waals surface area contributed by atoms with Crippen LogP contribution in [-0.2, 0) is 4.79 Å². The summed E-state index contributed by atoms with van der Waals surface area (Å²) >= 11 is 3.54. The lowest BCUT2D eigenvalue weighted by molar-refractivity contribution is -0.123. The van der Waals surface area contributed by atoms with Crippen molar-refractivity contribution in [3.8, 4) is 0 Å². The molecule has 0 aliphatic carbocycles. The number of hydrogen-bond acceptors (Lipinski definition) is 3. The SMILES string of the molecule is CNCC1C(=O)NCCN1c1ccccc1Br. The van der Waals surface area contributed by atoms with Crippen LogP contribution in [0.2, 0.25) is 0 Å². The summed E-state index contributed by atoms with van der Waals surface area (Å²) in [6.07, 6.45) is 0. The van der Waals surface area contributed by atoms with Crippen LogP contribution in [0.15, 0.2) is 28.7 Å². The van der Waals surface area contributed by atoms with Gasteiger partial charge in [0.05, 0.1) is 5.69 Å². The van der Waals surface area contributed by atoms with Crippen molar-refractivity contribution in [1.82, 2.24) is 10.6 Å². The van der Waals surface area contributed by atoms with E-state index in [4.69, 9.17) is 0 Å². The van der Waals surface area contributed by atoms with Crippen LogP contribution in [0.3, 0.4) is 0 Å². The van der Waals surface area contributed by atoms with E-state index in [9.17, 15) is 4.79 Å². The summed E-state index contributed by atoms with van der Waals surface area (Å²) in [6, 6.07) is 7.85. The highest BCUT2D eigenvalue weighted by Gasteiger charge is 2.29. The van der Waals surface area contributed by atoms with Crippen LogP contribution in [0.25, 0.3) is 0 Å². The van der Waals surface area contributed by atoms with Crippen LogP contribution in [0.5, 0.6) is 0 Å². The Bertz CT molecular complexity index is 410. The van der Waals surface area contributed by atoms with Crippen LogP contribution < -0.4 is 15.5 Å². The number of carbonyl (C=O) groups excluding carboxylic acids is 1. The van der Waals surface area contributed by atoms with Crippen LogP contribution >= 0.6 is 15.9 Å². The second-order valence-electron chi connectivity index (χ2n) is 4.01. The Morgan fingerprint density at radius 1 is 1.53 bits per heavy atom. The molecule has 1 aliphatic heterocycles. The van der Waals surface area contributed by atoms with E-state index in [1.807, 2.05) is 31.3 Å². The number of amides is 1. The van der Waals surface area contributed by atoms with Crippen molar-refractivity contribution in [3.63, 3.8) is 0 Å². The lowest BCUT2D eigenvalue weighted by atomic mass is 10.1. The zero-order valence-electron chi connectivity index (χ0n) is 9.74. The molecule has 17 heavy (non-hydrogen) atoms. The van der Waals surface area contributed by atoms with Gasteiger partial charge in [0, 0.05) is 24.1 Å². The van der Waals surface area contributed by atoms with Gasteiger partial charge >= 0.3 is 0 Å². The molecule has 2 N–H and O–H groups in total. The highest BCUT2D eigenvalue weighted by atomic mass is 79.9. The lowest BCUT2D eigenvalue weighted by Crippen LogP contribution is -2.58. The molecular formula is C12H16BrN3O. The Morgan fingerprint density at radius 3 is 3.00 bits per heavy atom. The molecule has 5 heteroatoms. The van der Waals surface area contributed by atoms with E-state index in [2.05, 4.69) is 31.5 Å². The summed E-state index contributed by atoms with van der Waals surface area (Å²) in [7, 11) is 1.86. The molecule has 1 fully saturated rings. The molecule has 1 amide bonds. The molecule has 1 unspecified atom stereocenters. The van der Waals surface area contributed by atoms with Gasteiger partial charge in [0.15, 0.2) is 0 Å². The average Bonchev–Trinajstić information content (AvgIpc) is 2.33. The molecule has 1 saturated heterocycles. The first-order valence-corrected chi connectivity index (χ1v) is 6.47. The second kappa shape index (κ2) is 5.51. The molecule has 0 spiro atoms. The smallest absolute Gasteiger partial charge is 0.244 e. The van der Waals surface area contributed by atoms with E-state index >= 15 is 0 Å². The summed E-state index contributed by atoms with van der Waals surface area (Å²) < 4.78 is 1.02. The monoisotopic (exact) mass is 297 g/mol. The van der Waals surface area contributed by atoms with Gasteiger partial charge < -0.3 is 15.5 Å². The van der Waals surface area contributed by atoms with Crippen LogP contribution in [-0.4, -0.2) is 38.6 Å². The summed E-state index contributed by atoms with van der Waals surface area (Å²) in [4.78, 5) is 14.0. The molecule has 0 bridgehead atoms. The second-order valence-corrected chi connectivity index (χ2v) is 4.86. The van der Waals surface area contributed by atoms with Crippen LogP contribution in [0.1, 0.15) is 0 Å². The van der Waals surface area contributed by atoms with E-state index in [0.29, 0.717) is 13.1 Å². The lowest BCUT2D eigenvalue weighted by Gasteiger charge is -2.37. The normalized spacial score (nSPS) is 20.2. The Morgan fingerprint density at radius 2 is 2.29 bits per heavy atom. The zero-order valence-corrected chi connectivity index (χ0v) is 11.3. The Labute approximate surface area is 110 Å².